The molecule has 0 N–H and O–H groups in total. The van der Waals surface area contributed by atoms with Crippen LogP contribution in [0.2, 0.25) is 0 Å². The Labute approximate surface area is 140 Å². The van der Waals surface area contributed by atoms with Crippen LogP contribution >= 0.6 is 11.3 Å². The first kappa shape index (κ1) is 15.8. The van der Waals surface area contributed by atoms with E-state index in [9.17, 15) is 13.6 Å². The highest BCUT2D eigenvalue weighted by atomic mass is 32.1. The SMILES string of the molecule is C#CCN(C(=O)c1cnn(-c2ccc(F)cc2F)c1)c1nccs1. The summed E-state index contributed by atoms with van der Waals surface area (Å²) in [5.74, 6) is 0.526. The molecule has 0 fully saturated rings. The fourth-order valence-electron chi connectivity index (χ4n) is 2.05. The van der Waals surface area contributed by atoms with E-state index in [0.717, 1.165) is 16.8 Å². The second kappa shape index (κ2) is 6.60. The molecule has 0 atom stereocenters. The number of nitrogens with zero attached hydrogens (tertiary/aromatic N) is 4. The number of amides is 1. The third kappa shape index (κ3) is 3.02. The van der Waals surface area contributed by atoms with E-state index < -0.39 is 17.5 Å². The zero-order valence-corrected chi connectivity index (χ0v) is 13.0. The molecule has 0 saturated heterocycles. The minimum absolute atomic E-state index is 0.0354. The van der Waals surface area contributed by atoms with Gasteiger partial charge >= 0.3 is 0 Å². The Hall–Kier alpha value is -3.05. The summed E-state index contributed by atoms with van der Waals surface area (Å²) in [5, 5.41) is 6.14. The highest BCUT2D eigenvalue weighted by molar-refractivity contribution is 7.13. The van der Waals surface area contributed by atoms with Gasteiger partial charge in [-0.05, 0) is 12.1 Å². The highest BCUT2D eigenvalue weighted by Crippen LogP contribution is 2.20. The van der Waals surface area contributed by atoms with Crippen molar-refractivity contribution in [3.8, 4) is 18.0 Å². The minimum Gasteiger partial charge on any atom is -0.272 e. The van der Waals surface area contributed by atoms with Gasteiger partial charge in [-0.1, -0.05) is 5.92 Å². The van der Waals surface area contributed by atoms with Gasteiger partial charge < -0.3 is 0 Å². The molecule has 0 aliphatic heterocycles. The van der Waals surface area contributed by atoms with Gasteiger partial charge in [-0.25, -0.2) is 18.4 Å². The van der Waals surface area contributed by atoms with Crippen LogP contribution in [0, 0.1) is 24.0 Å². The first-order chi connectivity index (χ1) is 11.6. The number of anilines is 1. The van der Waals surface area contributed by atoms with Crippen molar-refractivity contribution in [2.24, 2.45) is 0 Å². The number of rotatable bonds is 4. The maximum atomic E-state index is 13.8. The third-order valence-corrected chi connectivity index (χ3v) is 3.93. The Morgan fingerprint density at radius 2 is 2.25 bits per heavy atom. The van der Waals surface area contributed by atoms with E-state index in [4.69, 9.17) is 6.42 Å². The van der Waals surface area contributed by atoms with Crippen LogP contribution in [0.5, 0.6) is 0 Å². The highest BCUT2D eigenvalue weighted by Gasteiger charge is 2.21. The summed E-state index contributed by atoms with van der Waals surface area (Å²) in [6.07, 6.45) is 9.52. The maximum Gasteiger partial charge on any atom is 0.264 e. The summed E-state index contributed by atoms with van der Waals surface area (Å²) in [4.78, 5) is 18.0. The predicted molar refractivity (Wildman–Crippen MR) is 86.1 cm³/mol. The molecule has 3 aromatic rings. The smallest absolute Gasteiger partial charge is 0.264 e. The van der Waals surface area contributed by atoms with Crippen molar-refractivity contribution in [1.82, 2.24) is 14.8 Å². The lowest BCUT2D eigenvalue weighted by molar-refractivity contribution is 0.0990. The Balaban J connectivity index is 1.92. The van der Waals surface area contributed by atoms with Gasteiger partial charge in [-0.15, -0.1) is 17.8 Å². The van der Waals surface area contributed by atoms with E-state index >= 15 is 0 Å². The molecule has 0 unspecified atom stereocenters. The molecule has 120 valence electrons. The number of carbonyl (C=O) groups is 1. The van der Waals surface area contributed by atoms with Gasteiger partial charge in [-0.2, -0.15) is 5.10 Å². The van der Waals surface area contributed by atoms with Crippen molar-refractivity contribution in [3.05, 3.63) is 59.4 Å². The number of terminal acetylenes is 1. The van der Waals surface area contributed by atoms with E-state index in [0.29, 0.717) is 5.13 Å². The quantitative estimate of drug-likeness (QED) is 0.684. The molecule has 0 aliphatic carbocycles. The van der Waals surface area contributed by atoms with Crippen LogP contribution < -0.4 is 4.90 Å². The van der Waals surface area contributed by atoms with Gasteiger partial charge in [0.25, 0.3) is 5.91 Å². The molecular weight excluding hydrogens is 334 g/mol. The maximum absolute atomic E-state index is 13.8. The molecule has 2 heterocycles. The summed E-state index contributed by atoms with van der Waals surface area (Å²) in [6, 6.07) is 3.10. The summed E-state index contributed by atoms with van der Waals surface area (Å²) >= 11 is 1.27. The molecule has 24 heavy (non-hydrogen) atoms. The van der Waals surface area contributed by atoms with Gasteiger partial charge in [0.05, 0.1) is 18.3 Å². The average Bonchev–Trinajstić information content (AvgIpc) is 3.23. The van der Waals surface area contributed by atoms with Crippen LogP contribution in [0.25, 0.3) is 5.69 Å². The van der Waals surface area contributed by atoms with Gasteiger partial charge in [-0.3, -0.25) is 9.69 Å². The van der Waals surface area contributed by atoms with E-state index in [2.05, 4.69) is 16.0 Å². The second-order valence-corrected chi connectivity index (χ2v) is 5.55. The normalized spacial score (nSPS) is 10.4. The summed E-state index contributed by atoms with van der Waals surface area (Å²) in [7, 11) is 0. The molecule has 3 rings (SSSR count). The van der Waals surface area contributed by atoms with E-state index in [1.54, 1.807) is 11.6 Å². The van der Waals surface area contributed by atoms with Crippen molar-refractivity contribution in [2.75, 3.05) is 11.4 Å². The van der Waals surface area contributed by atoms with Crippen LogP contribution in [0.1, 0.15) is 10.4 Å². The Kier molecular flexibility index (Phi) is 4.35. The molecule has 2 aromatic heterocycles. The standard InChI is InChI=1S/C16H10F2N4OS/c1-2-6-21(16-19-5-7-24-16)15(23)11-9-20-22(10-11)14-4-3-12(17)8-13(14)18/h1,3-5,7-10H,6H2. The van der Waals surface area contributed by atoms with Gasteiger partial charge in [0.15, 0.2) is 10.9 Å². The predicted octanol–water partition coefficient (Wildman–Crippen LogP) is 2.89. The number of thiazole rings is 1. The molecular formula is C16H10F2N4OS. The lowest BCUT2D eigenvalue weighted by atomic mass is 10.3. The number of aromatic nitrogens is 3. The Morgan fingerprint density at radius 1 is 1.42 bits per heavy atom. The molecule has 0 saturated carbocycles. The number of halogens is 2. The van der Waals surface area contributed by atoms with Crippen molar-refractivity contribution >= 4 is 22.4 Å². The third-order valence-electron chi connectivity index (χ3n) is 3.13. The fourth-order valence-corrected chi connectivity index (χ4v) is 2.69. The van der Waals surface area contributed by atoms with Crippen molar-refractivity contribution < 1.29 is 13.6 Å². The van der Waals surface area contributed by atoms with E-state index in [-0.39, 0.29) is 17.8 Å². The van der Waals surface area contributed by atoms with Crippen LogP contribution in [-0.2, 0) is 0 Å². The molecule has 0 radical (unpaired) electrons. The zero-order valence-electron chi connectivity index (χ0n) is 12.2. The van der Waals surface area contributed by atoms with Crippen LogP contribution in [0.15, 0.2) is 42.2 Å². The number of benzene rings is 1. The lowest BCUT2D eigenvalue weighted by Gasteiger charge is -2.15. The number of carbonyl (C=O) groups excluding carboxylic acids is 1. The minimum atomic E-state index is -0.780. The van der Waals surface area contributed by atoms with Crippen LogP contribution in [-0.4, -0.2) is 27.2 Å². The fraction of sp³-hybridized carbons (Fsp3) is 0.0625. The number of hydrogen-bond donors (Lipinski definition) is 0. The van der Waals surface area contributed by atoms with Crippen molar-refractivity contribution in [1.29, 1.82) is 0 Å². The van der Waals surface area contributed by atoms with Crippen LogP contribution in [0.4, 0.5) is 13.9 Å². The lowest BCUT2D eigenvalue weighted by Crippen LogP contribution is -2.30. The number of hydrogen-bond acceptors (Lipinski definition) is 4. The average molecular weight is 344 g/mol. The monoisotopic (exact) mass is 344 g/mol. The molecule has 0 spiro atoms. The Bertz CT molecular complexity index is 915. The van der Waals surface area contributed by atoms with Gasteiger partial charge in [0.2, 0.25) is 0 Å². The molecule has 1 aromatic carbocycles. The molecule has 0 bridgehead atoms. The first-order valence-electron chi connectivity index (χ1n) is 6.75. The van der Waals surface area contributed by atoms with Crippen LogP contribution in [0.3, 0.4) is 0 Å². The summed E-state index contributed by atoms with van der Waals surface area (Å²) in [6.45, 7) is 0.0441. The van der Waals surface area contributed by atoms with Crippen molar-refractivity contribution in [3.63, 3.8) is 0 Å². The van der Waals surface area contributed by atoms with Gasteiger partial charge in [0, 0.05) is 23.8 Å². The first-order valence-corrected chi connectivity index (χ1v) is 7.63. The molecule has 1 amide bonds. The van der Waals surface area contributed by atoms with E-state index in [1.165, 1.54) is 34.7 Å². The zero-order chi connectivity index (χ0) is 17.1. The Morgan fingerprint density at radius 3 is 2.92 bits per heavy atom. The molecule has 5 nitrogen and oxygen atoms in total. The topological polar surface area (TPSA) is 51.0 Å². The second-order valence-electron chi connectivity index (χ2n) is 4.68. The van der Waals surface area contributed by atoms with E-state index in [1.807, 2.05) is 0 Å². The summed E-state index contributed by atoms with van der Waals surface area (Å²) in [5.41, 5.74) is 0.248. The molecule has 8 heteroatoms. The molecule has 0 aliphatic rings. The largest absolute Gasteiger partial charge is 0.272 e. The van der Waals surface area contributed by atoms with Gasteiger partial charge in [0.1, 0.15) is 11.5 Å². The summed E-state index contributed by atoms with van der Waals surface area (Å²) < 4.78 is 28.0. The van der Waals surface area contributed by atoms with Crippen molar-refractivity contribution in [2.45, 2.75) is 0 Å².